The Labute approximate surface area is 117 Å². The summed E-state index contributed by atoms with van der Waals surface area (Å²) < 4.78 is 66.7. The van der Waals surface area contributed by atoms with E-state index in [2.05, 4.69) is 15.2 Å². The first-order valence-corrected chi connectivity index (χ1v) is 7.24. The molecule has 1 atom stereocenters. The molecule has 0 aliphatic rings. The van der Waals surface area contributed by atoms with Crippen LogP contribution >= 0.6 is 0 Å². The van der Waals surface area contributed by atoms with Crippen molar-refractivity contribution >= 4 is 9.84 Å². The third kappa shape index (κ3) is 3.04. The van der Waals surface area contributed by atoms with Crippen LogP contribution in [0.25, 0.3) is 0 Å². The van der Waals surface area contributed by atoms with Crippen molar-refractivity contribution in [1.82, 2.24) is 15.2 Å². The van der Waals surface area contributed by atoms with E-state index in [1.807, 2.05) is 0 Å². The quantitative estimate of drug-likeness (QED) is 0.862. The van der Waals surface area contributed by atoms with Gasteiger partial charge < -0.3 is 4.42 Å². The highest BCUT2D eigenvalue weighted by Crippen LogP contribution is 2.31. The van der Waals surface area contributed by atoms with E-state index in [1.165, 1.54) is 13.8 Å². The number of halogens is 3. The normalized spacial score (nSPS) is 14.1. The number of nitrogens with zero attached hydrogens (tertiary/aromatic N) is 3. The Kier molecular flexibility index (Phi) is 3.74. The van der Waals surface area contributed by atoms with Crippen LogP contribution in [0.5, 0.6) is 0 Å². The molecule has 0 fully saturated rings. The zero-order valence-corrected chi connectivity index (χ0v) is 11.7. The third-order valence-corrected chi connectivity index (χ3v) is 4.67. The van der Waals surface area contributed by atoms with Gasteiger partial charge in [-0.3, -0.25) is 0 Å². The number of aromatic nitrogens is 3. The Morgan fingerprint density at radius 2 is 1.90 bits per heavy atom. The van der Waals surface area contributed by atoms with Gasteiger partial charge in [-0.05, 0) is 19.1 Å². The van der Waals surface area contributed by atoms with Gasteiger partial charge in [-0.25, -0.2) is 13.4 Å². The van der Waals surface area contributed by atoms with E-state index < -0.39 is 31.9 Å². The Hall–Kier alpha value is -1.97. The highest BCUT2D eigenvalue weighted by atomic mass is 32.2. The molecule has 0 radical (unpaired) electrons. The van der Waals surface area contributed by atoms with Crippen molar-refractivity contribution in [3.05, 3.63) is 35.7 Å². The van der Waals surface area contributed by atoms with Crippen LogP contribution in [0.4, 0.5) is 13.2 Å². The van der Waals surface area contributed by atoms with Crippen LogP contribution in [0.2, 0.25) is 0 Å². The number of hydrogen-bond donors (Lipinski definition) is 0. The van der Waals surface area contributed by atoms with Crippen molar-refractivity contribution < 1.29 is 26.0 Å². The minimum Gasteiger partial charge on any atom is -0.424 e. The maximum atomic E-state index is 12.4. The number of aryl methyl sites for hydroxylation is 1. The first-order valence-electron chi connectivity index (χ1n) is 5.69. The van der Waals surface area contributed by atoms with E-state index in [0.29, 0.717) is 12.3 Å². The van der Waals surface area contributed by atoms with Crippen molar-refractivity contribution in [3.63, 3.8) is 0 Å². The average molecular weight is 321 g/mol. The lowest BCUT2D eigenvalue weighted by Crippen LogP contribution is -2.14. The second kappa shape index (κ2) is 5.10. The molecule has 0 aliphatic heterocycles. The molecule has 6 nitrogen and oxygen atoms in total. The molecule has 0 unspecified atom stereocenters. The SMILES string of the molecule is Cc1nnc([C@H](C)S(=O)(=O)c2ccc(C(F)(F)F)cn2)o1. The topological polar surface area (TPSA) is 86.0 Å². The number of alkyl halides is 3. The zero-order chi connectivity index (χ0) is 15.8. The molecule has 10 heteroatoms. The standard InChI is InChI=1S/C11H10F3N3O3S/c1-6(10-17-16-7(2)20-10)21(18,19)9-4-3-8(5-15-9)11(12,13)14/h3-6H,1-2H3/t6-/m0/s1. The molecule has 0 bridgehead atoms. The van der Waals surface area contributed by atoms with Gasteiger partial charge in [0.25, 0.3) is 0 Å². The second-order valence-corrected chi connectivity index (χ2v) is 6.44. The summed E-state index contributed by atoms with van der Waals surface area (Å²) in [6, 6.07) is 1.46. The monoisotopic (exact) mass is 321 g/mol. The summed E-state index contributed by atoms with van der Waals surface area (Å²) in [5.74, 6) is 0.0432. The summed E-state index contributed by atoms with van der Waals surface area (Å²) in [5.41, 5.74) is -1.03. The van der Waals surface area contributed by atoms with Crippen molar-refractivity contribution in [1.29, 1.82) is 0 Å². The van der Waals surface area contributed by atoms with Gasteiger partial charge >= 0.3 is 6.18 Å². The lowest BCUT2D eigenvalue weighted by Gasteiger charge is -2.10. The largest absolute Gasteiger partial charge is 0.424 e. The lowest BCUT2D eigenvalue weighted by atomic mass is 10.3. The first-order chi connectivity index (χ1) is 9.62. The number of rotatable bonds is 3. The highest BCUT2D eigenvalue weighted by Gasteiger charge is 2.34. The van der Waals surface area contributed by atoms with E-state index in [1.54, 1.807) is 0 Å². The third-order valence-electron chi connectivity index (χ3n) is 2.71. The van der Waals surface area contributed by atoms with Crippen LogP contribution < -0.4 is 0 Å². The van der Waals surface area contributed by atoms with Gasteiger partial charge in [0, 0.05) is 13.1 Å². The van der Waals surface area contributed by atoms with Crippen LogP contribution in [0.3, 0.4) is 0 Å². The summed E-state index contributed by atoms with van der Waals surface area (Å²) in [4.78, 5) is 3.37. The van der Waals surface area contributed by atoms with Crippen LogP contribution in [-0.4, -0.2) is 23.6 Å². The predicted molar refractivity (Wildman–Crippen MR) is 63.9 cm³/mol. The van der Waals surface area contributed by atoms with Gasteiger partial charge in [0.1, 0.15) is 5.25 Å². The molecule has 0 saturated carbocycles. The smallest absolute Gasteiger partial charge is 0.417 e. The van der Waals surface area contributed by atoms with Crippen molar-refractivity contribution in [3.8, 4) is 0 Å². The molecule has 0 amide bonds. The Bertz CT molecular complexity index is 738. The zero-order valence-electron chi connectivity index (χ0n) is 10.9. The van der Waals surface area contributed by atoms with Gasteiger partial charge in [0.15, 0.2) is 5.03 Å². The second-order valence-electron chi connectivity index (χ2n) is 4.23. The fourth-order valence-electron chi connectivity index (χ4n) is 1.51. The highest BCUT2D eigenvalue weighted by molar-refractivity contribution is 7.91. The number of pyridine rings is 1. The minimum atomic E-state index is -4.58. The average Bonchev–Trinajstić information content (AvgIpc) is 2.83. The van der Waals surface area contributed by atoms with Crippen LogP contribution in [0, 0.1) is 6.92 Å². The van der Waals surface area contributed by atoms with Gasteiger partial charge in [-0.2, -0.15) is 13.2 Å². The van der Waals surface area contributed by atoms with Crippen LogP contribution in [0.15, 0.2) is 27.8 Å². The van der Waals surface area contributed by atoms with Gasteiger partial charge in [-0.1, -0.05) is 0 Å². The summed E-state index contributed by atoms with van der Waals surface area (Å²) in [6.45, 7) is 2.79. The van der Waals surface area contributed by atoms with E-state index >= 15 is 0 Å². The Balaban J connectivity index is 2.36. The molecule has 0 N–H and O–H groups in total. The molecule has 0 spiro atoms. The molecule has 0 aromatic carbocycles. The molecule has 21 heavy (non-hydrogen) atoms. The summed E-state index contributed by atoms with van der Waals surface area (Å²) >= 11 is 0. The molecule has 2 aromatic rings. The molecular formula is C11H10F3N3O3S. The fraction of sp³-hybridized carbons (Fsp3) is 0.364. The number of hydrogen-bond acceptors (Lipinski definition) is 6. The van der Waals surface area contributed by atoms with E-state index in [0.717, 1.165) is 6.07 Å². The van der Waals surface area contributed by atoms with Gasteiger partial charge in [-0.15, -0.1) is 10.2 Å². The predicted octanol–water partition coefficient (Wildman–Crippen LogP) is 2.33. The Morgan fingerprint density at radius 1 is 1.24 bits per heavy atom. The van der Waals surface area contributed by atoms with E-state index in [4.69, 9.17) is 4.42 Å². The first kappa shape index (κ1) is 15.4. The number of sulfone groups is 1. The van der Waals surface area contributed by atoms with Crippen LogP contribution in [-0.2, 0) is 16.0 Å². The molecule has 2 heterocycles. The molecule has 0 saturated heterocycles. The van der Waals surface area contributed by atoms with E-state index in [9.17, 15) is 21.6 Å². The van der Waals surface area contributed by atoms with E-state index in [-0.39, 0.29) is 11.8 Å². The molecule has 0 aliphatic carbocycles. The summed E-state index contributed by atoms with van der Waals surface area (Å²) in [7, 11) is -4.02. The van der Waals surface area contributed by atoms with Crippen LogP contribution in [0.1, 0.15) is 29.5 Å². The maximum absolute atomic E-state index is 12.4. The van der Waals surface area contributed by atoms with Gasteiger partial charge in [0.2, 0.25) is 21.6 Å². The Morgan fingerprint density at radius 3 is 2.33 bits per heavy atom. The minimum absolute atomic E-state index is 0.144. The molecule has 2 rings (SSSR count). The van der Waals surface area contributed by atoms with Crippen molar-refractivity contribution in [2.24, 2.45) is 0 Å². The molecule has 2 aromatic heterocycles. The fourth-order valence-corrected chi connectivity index (χ4v) is 2.69. The molecule has 114 valence electrons. The van der Waals surface area contributed by atoms with Crippen molar-refractivity contribution in [2.45, 2.75) is 30.3 Å². The van der Waals surface area contributed by atoms with Gasteiger partial charge in [0.05, 0.1) is 5.56 Å². The summed E-state index contributed by atoms with van der Waals surface area (Å²) in [5, 5.41) is 5.41. The summed E-state index contributed by atoms with van der Waals surface area (Å²) in [6.07, 6.45) is -4.11. The maximum Gasteiger partial charge on any atom is 0.417 e. The lowest BCUT2D eigenvalue weighted by molar-refractivity contribution is -0.137. The van der Waals surface area contributed by atoms with Crippen molar-refractivity contribution in [2.75, 3.05) is 0 Å². The molecular weight excluding hydrogens is 311 g/mol.